The first-order valence-electron chi connectivity index (χ1n) is 8.52. The summed E-state index contributed by atoms with van der Waals surface area (Å²) in [5.41, 5.74) is 1.74. The monoisotopic (exact) mass is 394 g/mol. The first-order valence-corrected chi connectivity index (χ1v) is 9.28. The summed E-state index contributed by atoms with van der Waals surface area (Å²) in [4.78, 5) is 15.7. The van der Waals surface area contributed by atoms with Crippen LogP contribution >= 0.6 is 23.2 Å². The number of amides is 1. The quantitative estimate of drug-likeness (QED) is 0.817. The lowest BCUT2D eigenvalue weighted by Crippen LogP contribution is -3.15. The van der Waals surface area contributed by atoms with E-state index in [1.54, 1.807) is 13.2 Å². The van der Waals surface area contributed by atoms with Crippen molar-refractivity contribution in [3.63, 3.8) is 0 Å². The molecule has 0 unspecified atom stereocenters. The standard InChI is InChI=1S/C19H21Cl2N3O2/c1-26-16-5-3-15(4-6-16)22-19(25)13-23-8-10-24(11-9-23)18-12-14(20)2-7-17(18)21/h2-7,12H,8-11,13H2,1H3,(H,22,25)/p+1. The fourth-order valence-corrected chi connectivity index (χ4v) is 3.48. The number of ether oxygens (including phenoxy) is 1. The van der Waals surface area contributed by atoms with Crippen LogP contribution in [0.4, 0.5) is 11.4 Å². The van der Waals surface area contributed by atoms with Crippen molar-refractivity contribution in [2.75, 3.05) is 50.1 Å². The van der Waals surface area contributed by atoms with Crippen LogP contribution in [0.3, 0.4) is 0 Å². The van der Waals surface area contributed by atoms with Crippen LogP contribution in [-0.4, -0.2) is 45.7 Å². The van der Waals surface area contributed by atoms with Crippen LogP contribution in [0, 0.1) is 0 Å². The summed E-state index contributed by atoms with van der Waals surface area (Å²) >= 11 is 12.4. The van der Waals surface area contributed by atoms with Crippen molar-refractivity contribution in [3.8, 4) is 5.75 Å². The maximum absolute atomic E-state index is 12.3. The minimum atomic E-state index is 0.0133. The highest BCUT2D eigenvalue weighted by molar-refractivity contribution is 6.35. The van der Waals surface area contributed by atoms with E-state index in [1.807, 2.05) is 36.4 Å². The van der Waals surface area contributed by atoms with Crippen LogP contribution in [0.1, 0.15) is 0 Å². The SMILES string of the molecule is COc1ccc(NC(=O)C[NH+]2CCN(c3cc(Cl)ccc3Cl)CC2)cc1. The van der Waals surface area contributed by atoms with E-state index < -0.39 is 0 Å². The molecule has 0 aliphatic carbocycles. The molecule has 2 aromatic rings. The second kappa shape index (κ2) is 8.62. The Bertz CT molecular complexity index is 760. The van der Waals surface area contributed by atoms with Gasteiger partial charge in [-0.15, -0.1) is 0 Å². The number of piperazine rings is 1. The Morgan fingerprint density at radius 2 is 1.85 bits per heavy atom. The van der Waals surface area contributed by atoms with Gasteiger partial charge in [0, 0.05) is 10.7 Å². The normalized spacial score (nSPS) is 15.0. The molecule has 5 nitrogen and oxygen atoms in total. The van der Waals surface area contributed by atoms with E-state index in [0.29, 0.717) is 16.6 Å². The van der Waals surface area contributed by atoms with Gasteiger partial charge in [-0.3, -0.25) is 4.79 Å². The van der Waals surface area contributed by atoms with Crippen molar-refractivity contribution in [1.29, 1.82) is 0 Å². The van der Waals surface area contributed by atoms with Gasteiger partial charge in [-0.2, -0.15) is 0 Å². The topological polar surface area (TPSA) is 46.0 Å². The summed E-state index contributed by atoms with van der Waals surface area (Å²) in [6.07, 6.45) is 0. The van der Waals surface area contributed by atoms with Crippen LogP contribution in [0.25, 0.3) is 0 Å². The zero-order valence-corrected chi connectivity index (χ0v) is 16.1. The zero-order chi connectivity index (χ0) is 18.5. The lowest BCUT2D eigenvalue weighted by molar-refractivity contribution is -0.892. The highest BCUT2D eigenvalue weighted by Crippen LogP contribution is 2.28. The number of benzene rings is 2. The van der Waals surface area contributed by atoms with Crippen molar-refractivity contribution in [3.05, 3.63) is 52.5 Å². The average Bonchev–Trinajstić information content (AvgIpc) is 2.65. The summed E-state index contributed by atoms with van der Waals surface area (Å²) in [5, 5.41) is 4.32. The molecule has 1 saturated heterocycles. The summed E-state index contributed by atoms with van der Waals surface area (Å²) in [6.45, 7) is 3.87. The predicted octanol–water partition coefficient (Wildman–Crippen LogP) is 2.35. The third-order valence-corrected chi connectivity index (χ3v) is 5.06. The van der Waals surface area contributed by atoms with Crippen LogP contribution in [0.5, 0.6) is 5.75 Å². The Hall–Kier alpha value is -1.95. The Labute approximate surface area is 163 Å². The molecule has 0 radical (unpaired) electrons. The summed E-state index contributed by atoms with van der Waals surface area (Å²) in [6, 6.07) is 12.8. The van der Waals surface area contributed by atoms with E-state index in [-0.39, 0.29) is 5.91 Å². The van der Waals surface area contributed by atoms with E-state index in [4.69, 9.17) is 27.9 Å². The molecule has 2 aromatic carbocycles. The molecule has 0 bridgehead atoms. The smallest absolute Gasteiger partial charge is 0.279 e. The highest BCUT2D eigenvalue weighted by atomic mass is 35.5. The molecular formula is C19H22Cl2N3O2+. The van der Waals surface area contributed by atoms with E-state index in [1.165, 1.54) is 4.90 Å². The van der Waals surface area contributed by atoms with Gasteiger partial charge in [0.2, 0.25) is 0 Å². The maximum Gasteiger partial charge on any atom is 0.279 e. The van der Waals surface area contributed by atoms with Crippen molar-refractivity contribution < 1.29 is 14.4 Å². The highest BCUT2D eigenvalue weighted by Gasteiger charge is 2.23. The number of carbonyl (C=O) groups is 1. The molecule has 0 aromatic heterocycles. The zero-order valence-electron chi connectivity index (χ0n) is 14.6. The third kappa shape index (κ3) is 4.81. The number of methoxy groups -OCH3 is 1. The Kier molecular flexibility index (Phi) is 6.25. The molecule has 0 atom stereocenters. The Balaban J connectivity index is 1.50. The van der Waals surface area contributed by atoms with Gasteiger partial charge in [0.15, 0.2) is 6.54 Å². The Morgan fingerprint density at radius 3 is 2.50 bits per heavy atom. The molecule has 3 rings (SSSR count). The number of nitrogens with one attached hydrogen (secondary N) is 2. The lowest BCUT2D eigenvalue weighted by Gasteiger charge is -2.33. The molecule has 26 heavy (non-hydrogen) atoms. The predicted molar refractivity (Wildman–Crippen MR) is 106 cm³/mol. The van der Waals surface area contributed by atoms with Crippen molar-refractivity contribution in [2.45, 2.75) is 0 Å². The lowest BCUT2D eigenvalue weighted by atomic mass is 10.2. The minimum absolute atomic E-state index is 0.0133. The number of hydrogen-bond acceptors (Lipinski definition) is 3. The van der Waals surface area contributed by atoms with Gasteiger partial charge in [-0.1, -0.05) is 23.2 Å². The second-order valence-electron chi connectivity index (χ2n) is 6.29. The third-order valence-electron chi connectivity index (χ3n) is 4.50. The molecule has 7 heteroatoms. The number of rotatable bonds is 5. The number of anilines is 2. The number of hydrogen-bond donors (Lipinski definition) is 2. The van der Waals surface area contributed by atoms with Gasteiger partial charge in [-0.05, 0) is 42.5 Å². The van der Waals surface area contributed by atoms with Crippen LogP contribution in [0.15, 0.2) is 42.5 Å². The maximum atomic E-state index is 12.3. The van der Waals surface area contributed by atoms with Crippen LogP contribution < -0.4 is 19.9 Å². The number of carbonyl (C=O) groups excluding carboxylic acids is 1. The number of quaternary nitrogens is 1. The van der Waals surface area contributed by atoms with E-state index in [0.717, 1.165) is 43.3 Å². The van der Waals surface area contributed by atoms with Crippen molar-refractivity contribution >= 4 is 40.5 Å². The fraction of sp³-hybridized carbons (Fsp3) is 0.316. The molecule has 2 N–H and O–H groups in total. The average molecular weight is 395 g/mol. The molecule has 1 fully saturated rings. The van der Waals surface area contributed by atoms with Gasteiger partial charge >= 0.3 is 0 Å². The Morgan fingerprint density at radius 1 is 1.15 bits per heavy atom. The van der Waals surface area contributed by atoms with Gasteiger partial charge in [-0.25, -0.2) is 0 Å². The first kappa shape index (κ1) is 18.8. The van der Waals surface area contributed by atoms with Crippen LogP contribution in [-0.2, 0) is 4.79 Å². The van der Waals surface area contributed by atoms with Gasteiger partial charge in [0.1, 0.15) is 5.75 Å². The number of halogens is 2. The largest absolute Gasteiger partial charge is 0.497 e. The molecule has 1 aliphatic rings. The van der Waals surface area contributed by atoms with Crippen LogP contribution in [0.2, 0.25) is 10.0 Å². The summed E-state index contributed by atoms with van der Waals surface area (Å²) in [7, 11) is 1.62. The second-order valence-corrected chi connectivity index (χ2v) is 7.13. The molecule has 0 saturated carbocycles. The van der Waals surface area contributed by atoms with E-state index in [2.05, 4.69) is 10.2 Å². The van der Waals surface area contributed by atoms with Gasteiger partial charge < -0.3 is 19.9 Å². The fourth-order valence-electron chi connectivity index (χ4n) is 3.08. The molecule has 138 valence electrons. The molecule has 1 aliphatic heterocycles. The summed E-state index contributed by atoms with van der Waals surface area (Å²) in [5.74, 6) is 0.781. The summed E-state index contributed by atoms with van der Waals surface area (Å²) < 4.78 is 5.12. The van der Waals surface area contributed by atoms with E-state index in [9.17, 15) is 4.79 Å². The number of nitrogens with zero attached hydrogens (tertiary/aromatic N) is 1. The van der Waals surface area contributed by atoms with Gasteiger partial charge in [0.25, 0.3) is 5.91 Å². The molecule has 1 amide bonds. The molecular weight excluding hydrogens is 373 g/mol. The first-order chi connectivity index (χ1) is 12.5. The molecule has 1 heterocycles. The van der Waals surface area contributed by atoms with Crippen molar-refractivity contribution in [1.82, 2.24) is 0 Å². The molecule has 0 spiro atoms. The van der Waals surface area contributed by atoms with Gasteiger partial charge in [0.05, 0.1) is 44.0 Å². The van der Waals surface area contributed by atoms with E-state index >= 15 is 0 Å². The minimum Gasteiger partial charge on any atom is -0.497 e. The van der Waals surface area contributed by atoms with Crippen molar-refractivity contribution in [2.24, 2.45) is 0 Å².